The quantitative estimate of drug-likeness (QED) is 0.692. The minimum atomic E-state index is 0.258. The predicted molar refractivity (Wildman–Crippen MR) is 60.0 cm³/mol. The summed E-state index contributed by atoms with van der Waals surface area (Å²) in [6.45, 7) is 2.07. The fourth-order valence-electron chi connectivity index (χ4n) is 1.98. The Kier molecular flexibility index (Phi) is 1.72. The van der Waals surface area contributed by atoms with E-state index in [1.54, 1.807) is 4.57 Å². The van der Waals surface area contributed by atoms with Gasteiger partial charge in [-0.15, -0.1) is 0 Å². The average molecular weight is 199 g/mol. The van der Waals surface area contributed by atoms with Gasteiger partial charge in [0.05, 0.1) is 5.52 Å². The van der Waals surface area contributed by atoms with E-state index in [0.29, 0.717) is 0 Å². The first-order valence-electron chi connectivity index (χ1n) is 5.37. The van der Waals surface area contributed by atoms with Gasteiger partial charge >= 0.3 is 0 Å². The number of benzene rings is 1. The first-order valence-corrected chi connectivity index (χ1v) is 5.37. The largest absolute Gasteiger partial charge is 0.287 e. The van der Waals surface area contributed by atoms with Gasteiger partial charge in [0.2, 0.25) is 5.91 Å². The maximum absolute atomic E-state index is 11.9. The molecular weight excluding hydrogens is 186 g/mol. The third-order valence-electron chi connectivity index (χ3n) is 3.01. The fraction of sp³-hybridized carbons (Fsp3) is 0.308. The summed E-state index contributed by atoms with van der Waals surface area (Å²) in [5, 5.41) is 1.16. The number of carbonyl (C=O) groups is 1. The van der Waals surface area contributed by atoms with E-state index in [4.69, 9.17) is 0 Å². The standard InChI is InChI=1S/C13H13NO/c1-9-2-5-12-11(8-9)6-7-14(12)13(15)10-3-4-10/h2,5-8,10H,3-4H2,1H3. The van der Waals surface area contributed by atoms with Crippen LogP contribution in [-0.2, 0) is 0 Å². The molecule has 0 radical (unpaired) electrons. The van der Waals surface area contributed by atoms with Gasteiger partial charge in [0.15, 0.2) is 0 Å². The van der Waals surface area contributed by atoms with Gasteiger partial charge in [0, 0.05) is 17.5 Å². The van der Waals surface area contributed by atoms with Crippen molar-refractivity contribution in [2.75, 3.05) is 0 Å². The third-order valence-corrected chi connectivity index (χ3v) is 3.01. The zero-order valence-electron chi connectivity index (χ0n) is 8.73. The number of nitrogens with zero attached hydrogens (tertiary/aromatic N) is 1. The van der Waals surface area contributed by atoms with Crippen molar-refractivity contribution in [1.82, 2.24) is 4.57 Å². The number of fused-ring (bicyclic) bond motifs is 1. The lowest BCUT2D eigenvalue weighted by Gasteiger charge is -2.02. The molecule has 2 heteroatoms. The second-order valence-corrected chi connectivity index (χ2v) is 4.36. The smallest absolute Gasteiger partial charge is 0.234 e. The summed E-state index contributed by atoms with van der Waals surface area (Å²) in [6, 6.07) is 8.22. The summed E-state index contributed by atoms with van der Waals surface area (Å²) >= 11 is 0. The molecule has 0 aliphatic heterocycles. The zero-order chi connectivity index (χ0) is 10.4. The Bertz CT molecular complexity index is 534. The van der Waals surface area contributed by atoms with Crippen molar-refractivity contribution in [2.45, 2.75) is 19.8 Å². The van der Waals surface area contributed by atoms with Crippen LogP contribution in [-0.4, -0.2) is 10.5 Å². The highest BCUT2D eigenvalue weighted by Crippen LogP contribution is 2.32. The number of hydrogen-bond acceptors (Lipinski definition) is 1. The van der Waals surface area contributed by atoms with E-state index in [-0.39, 0.29) is 11.8 Å². The highest BCUT2D eigenvalue weighted by Gasteiger charge is 2.31. The van der Waals surface area contributed by atoms with Crippen LogP contribution in [0.2, 0.25) is 0 Å². The lowest BCUT2D eigenvalue weighted by molar-refractivity contribution is 0.0891. The van der Waals surface area contributed by atoms with E-state index in [2.05, 4.69) is 19.1 Å². The summed E-state index contributed by atoms with van der Waals surface area (Å²) < 4.78 is 1.80. The lowest BCUT2D eigenvalue weighted by Crippen LogP contribution is -2.10. The zero-order valence-corrected chi connectivity index (χ0v) is 8.73. The van der Waals surface area contributed by atoms with Crippen LogP contribution in [0.1, 0.15) is 23.2 Å². The van der Waals surface area contributed by atoms with Crippen LogP contribution in [0.3, 0.4) is 0 Å². The number of rotatable bonds is 1. The van der Waals surface area contributed by atoms with E-state index in [1.165, 1.54) is 5.56 Å². The van der Waals surface area contributed by atoms with Crippen LogP contribution in [0.5, 0.6) is 0 Å². The molecule has 0 atom stereocenters. The summed E-state index contributed by atoms with van der Waals surface area (Å²) in [5.74, 6) is 0.538. The molecule has 1 aliphatic carbocycles. The predicted octanol–water partition coefficient (Wildman–Crippen LogP) is 3.00. The molecule has 2 nitrogen and oxygen atoms in total. The first-order chi connectivity index (χ1) is 7.25. The Morgan fingerprint density at radius 2 is 2.13 bits per heavy atom. The molecule has 15 heavy (non-hydrogen) atoms. The van der Waals surface area contributed by atoms with Crippen LogP contribution in [0, 0.1) is 12.8 Å². The van der Waals surface area contributed by atoms with Crippen molar-refractivity contribution in [3.8, 4) is 0 Å². The first kappa shape index (κ1) is 8.72. The Labute approximate surface area is 88.5 Å². The van der Waals surface area contributed by atoms with Crippen LogP contribution in [0.4, 0.5) is 0 Å². The number of aromatic nitrogens is 1. The van der Waals surface area contributed by atoms with Crippen LogP contribution < -0.4 is 0 Å². The van der Waals surface area contributed by atoms with Crippen LogP contribution >= 0.6 is 0 Å². The van der Waals surface area contributed by atoms with E-state index in [1.807, 2.05) is 18.3 Å². The Hall–Kier alpha value is -1.57. The number of hydrogen-bond donors (Lipinski definition) is 0. The normalized spacial score (nSPS) is 15.8. The van der Waals surface area contributed by atoms with Crippen LogP contribution in [0.25, 0.3) is 10.9 Å². The summed E-state index contributed by atoms with van der Waals surface area (Å²) in [5.41, 5.74) is 2.27. The molecule has 1 fully saturated rings. The van der Waals surface area contributed by atoms with E-state index < -0.39 is 0 Å². The van der Waals surface area contributed by atoms with E-state index in [9.17, 15) is 4.79 Å². The van der Waals surface area contributed by atoms with Crippen molar-refractivity contribution >= 4 is 16.8 Å². The molecule has 0 unspecified atom stereocenters. The molecule has 76 valence electrons. The van der Waals surface area contributed by atoms with Crippen molar-refractivity contribution in [3.05, 3.63) is 36.0 Å². The van der Waals surface area contributed by atoms with Crippen molar-refractivity contribution < 1.29 is 4.79 Å². The molecule has 0 spiro atoms. The Morgan fingerprint density at radius 3 is 2.87 bits per heavy atom. The maximum Gasteiger partial charge on any atom is 0.234 e. The third kappa shape index (κ3) is 1.37. The van der Waals surface area contributed by atoms with Gasteiger partial charge in [-0.25, -0.2) is 0 Å². The van der Waals surface area contributed by atoms with Gasteiger partial charge in [-0.1, -0.05) is 11.6 Å². The summed E-state index contributed by atoms with van der Waals surface area (Å²) in [6.07, 6.45) is 4.01. The van der Waals surface area contributed by atoms with Gasteiger partial charge in [-0.3, -0.25) is 9.36 Å². The molecule has 1 heterocycles. The van der Waals surface area contributed by atoms with Crippen LogP contribution in [0.15, 0.2) is 30.5 Å². The molecule has 3 rings (SSSR count). The fourth-order valence-corrected chi connectivity index (χ4v) is 1.98. The van der Waals surface area contributed by atoms with E-state index >= 15 is 0 Å². The van der Waals surface area contributed by atoms with Gasteiger partial charge in [-0.2, -0.15) is 0 Å². The van der Waals surface area contributed by atoms with Gasteiger partial charge in [0.1, 0.15) is 0 Å². The minimum Gasteiger partial charge on any atom is -0.287 e. The molecular formula is C13H13NO. The molecule has 1 saturated carbocycles. The summed E-state index contributed by atoms with van der Waals surface area (Å²) in [4.78, 5) is 11.9. The molecule has 0 bridgehead atoms. The highest BCUT2D eigenvalue weighted by molar-refractivity contribution is 5.94. The average Bonchev–Trinajstić information content (AvgIpc) is 2.98. The van der Waals surface area contributed by atoms with Crippen molar-refractivity contribution in [1.29, 1.82) is 0 Å². The molecule has 0 amide bonds. The molecule has 0 N–H and O–H groups in total. The molecule has 0 saturated heterocycles. The van der Waals surface area contributed by atoms with Gasteiger partial charge in [-0.05, 0) is 38.0 Å². The second-order valence-electron chi connectivity index (χ2n) is 4.36. The monoisotopic (exact) mass is 199 g/mol. The summed E-state index contributed by atoms with van der Waals surface area (Å²) in [7, 11) is 0. The molecule has 2 aromatic rings. The Balaban J connectivity index is 2.15. The molecule has 1 aromatic carbocycles. The highest BCUT2D eigenvalue weighted by atomic mass is 16.2. The molecule has 1 aliphatic rings. The Morgan fingerprint density at radius 1 is 1.33 bits per heavy atom. The maximum atomic E-state index is 11.9. The number of carbonyl (C=O) groups excluding carboxylic acids is 1. The van der Waals surface area contributed by atoms with Gasteiger partial charge < -0.3 is 0 Å². The minimum absolute atomic E-state index is 0.258. The SMILES string of the molecule is Cc1ccc2c(ccn2C(=O)C2CC2)c1. The van der Waals surface area contributed by atoms with E-state index in [0.717, 1.165) is 23.7 Å². The number of aryl methyl sites for hydroxylation is 1. The lowest BCUT2D eigenvalue weighted by atomic mass is 10.2. The van der Waals surface area contributed by atoms with Gasteiger partial charge in [0.25, 0.3) is 0 Å². The van der Waals surface area contributed by atoms with Crippen molar-refractivity contribution in [2.24, 2.45) is 5.92 Å². The topological polar surface area (TPSA) is 22.0 Å². The van der Waals surface area contributed by atoms with Crippen molar-refractivity contribution in [3.63, 3.8) is 0 Å². The molecule has 1 aromatic heterocycles. The second kappa shape index (κ2) is 2.96.